The van der Waals surface area contributed by atoms with E-state index in [1.807, 2.05) is 0 Å². The zero-order valence-corrected chi connectivity index (χ0v) is 12.8. The minimum absolute atomic E-state index is 0.000415. The molecule has 4 nitrogen and oxygen atoms in total. The highest BCUT2D eigenvalue weighted by molar-refractivity contribution is 5.94. The van der Waals surface area contributed by atoms with Crippen LogP contribution in [-0.2, 0) is 6.54 Å². The highest BCUT2D eigenvalue weighted by atomic mass is 16.5. The average molecular weight is 296 g/mol. The van der Waals surface area contributed by atoms with Gasteiger partial charge in [0.05, 0.1) is 13.2 Å². The third kappa shape index (κ3) is 2.83. The molecule has 0 saturated heterocycles. The maximum atomic E-state index is 12.5. The first kappa shape index (κ1) is 14.6. The summed E-state index contributed by atoms with van der Waals surface area (Å²) in [4.78, 5) is 12.5. The molecule has 0 aliphatic carbocycles. The van der Waals surface area contributed by atoms with Crippen molar-refractivity contribution < 1.29 is 9.53 Å². The minimum Gasteiger partial charge on any atom is -0.497 e. The first-order chi connectivity index (χ1) is 10.7. The molecule has 0 aromatic heterocycles. The number of hydrogen-bond donors (Lipinski definition) is 2. The maximum absolute atomic E-state index is 12.5. The first-order valence-electron chi connectivity index (χ1n) is 7.43. The Morgan fingerprint density at radius 3 is 2.73 bits per heavy atom. The van der Waals surface area contributed by atoms with Crippen molar-refractivity contribution in [2.75, 3.05) is 13.7 Å². The van der Waals surface area contributed by atoms with E-state index in [-0.39, 0.29) is 11.9 Å². The van der Waals surface area contributed by atoms with Gasteiger partial charge in [-0.1, -0.05) is 18.2 Å². The Hall–Kier alpha value is -2.33. The number of methoxy groups -OCH3 is 1. The quantitative estimate of drug-likeness (QED) is 0.915. The number of benzene rings is 2. The Kier molecular flexibility index (Phi) is 4.11. The zero-order chi connectivity index (χ0) is 15.5. The van der Waals surface area contributed by atoms with Crippen molar-refractivity contribution in [1.82, 2.24) is 10.6 Å². The fourth-order valence-corrected chi connectivity index (χ4v) is 2.95. The van der Waals surface area contributed by atoms with Gasteiger partial charge < -0.3 is 15.4 Å². The highest BCUT2D eigenvalue weighted by Crippen LogP contribution is 2.25. The Morgan fingerprint density at radius 1 is 1.23 bits per heavy atom. The summed E-state index contributed by atoms with van der Waals surface area (Å²) in [5.74, 6) is 0.683. The van der Waals surface area contributed by atoms with Gasteiger partial charge in [0.2, 0.25) is 0 Å². The fourth-order valence-electron chi connectivity index (χ4n) is 2.95. The summed E-state index contributed by atoms with van der Waals surface area (Å²) in [5, 5.41) is 6.49. The number of carbonyl (C=O) groups is 1. The molecule has 1 atom stereocenters. The van der Waals surface area contributed by atoms with E-state index >= 15 is 0 Å². The van der Waals surface area contributed by atoms with Crippen molar-refractivity contribution >= 4 is 5.91 Å². The lowest BCUT2D eigenvalue weighted by Crippen LogP contribution is -2.39. The van der Waals surface area contributed by atoms with Crippen LogP contribution in [0.15, 0.2) is 42.5 Å². The molecule has 22 heavy (non-hydrogen) atoms. The third-order valence-electron chi connectivity index (χ3n) is 4.08. The molecule has 0 radical (unpaired) electrons. The van der Waals surface area contributed by atoms with E-state index in [4.69, 9.17) is 4.74 Å². The lowest BCUT2D eigenvalue weighted by Gasteiger charge is -2.29. The van der Waals surface area contributed by atoms with Crippen molar-refractivity contribution in [2.24, 2.45) is 0 Å². The molecule has 2 aromatic rings. The van der Waals surface area contributed by atoms with E-state index in [0.717, 1.165) is 18.8 Å². The lowest BCUT2D eigenvalue weighted by molar-refractivity contribution is 0.0934. The average Bonchev–Trinajstić information content (AvgIpc) is 2.55. The Balaban J connectivity index is 1.80. The number of amides is 1. The van der Waals surface area contributed by atoms with Crippen LogP contribution in [0, 0.1) is 6.92 Å². The van der Waals surface area contributed by atoms with Crippen LogP contribution in [0.1, 0.15) is 33.1 Å². The van der Waals surface area contributed by atoms with Crippen LogP contribution in [-0.4, -0.2) is 19.6 Å². The van der Waals surface area contributed by atoms with E-state index in [1.165, 1.54) is 16.7 Å². The van der Waals surface area contributed by atoms with E-state index in [0.29, 0.717) is 5.56 Å². The summed E-state index contributed by atoms with van der Waals surface area (Å²) >= 11 is 0. The Morgan fingerprint density at radius 2 is 2.00 bits per heavy atom. The van der Waals surface area contributed by atoms with Crippen LogP contribution in [0.25, 0.3) is 0 Å². The van der Waals surface area contributed by atoms with Gasteiger partial charge in [0, 0.05) is 18.7 Å². The molecule has 1 aliphatic rings. The molecule has 0 spiro atoms. The van der Waals surface area contributed by atoms with Gasteiger partial charge >= 0.3 is 0 Å². The third-order valence-corrected chi connectivity index (χ3v) is 4.08. The molecule has 3 rings (SSSR count). The van der Waals surface area contributed by atoms with Crippen molar-refractivity contribution in [3.63, 3.8) is 0 Å². The highest BCUT2D eigenvalue weighted by Gasteiger charge is 2.23. The van der Waals surface area contributed by atoms with Gasteiger partial charge in [-0.15, -0.1) is 0 Å². The molecule has 1 amide bonds. The van der Waals surface area contributed by atoms with Crippen LogP contribution in [0.4, 0.5) is 0 Å². The van der Waals surface area contributed by atoms with Crippen molar-refractivity contribution in [1.29, 1.82) is 0 Å². The first-order valence-corrected chi connectivity index (χ1v) is 7.43. The summed E-state index contributed by atoms with van der Waals surface area (Å²) in [5.41, 5.74) is 4.36. The second-order valence-electron chi connectivity index (χ2n) is 5.53. The van der Waals surface area contributed by atoms with E-state index in [1.54, 1.807) is 31.4 Å². The van der Waals surface area contributed by atoms with Gasteiger partial charge in [-0.3, -0.25) is 4.79 Å². The monoisotopic (exact) mass is 296 g/mol. The second-order valence-corrected chi connectivity index (χ2v) is 5.53. The number of hydrogen-bond acceptors (Lipinski definition) is 3. The minimum atomic E-state index is -0.0643. The largest absolute Gasteiger partial charge is 0.497 e. The topological polar surface area (TPSA) is 50.4 Å². The van der Waals surface area contributed by atoms with Gasteiger partial charge in [0.25, 0.3) is 5.91 Å². The summed E-state index contributed by atoms with van der Waals surface area (Å²) in [6.45, 7) is 3.70. The van der Waals surface area contributed by atoms with Crippen LogP contribution in [0.2, 0.25) is 0 Å². The Bertz CT molecular complexity index is 680. The number of nitrogens with one attached hydrogen (secondary N) is 2. The molecule has 0 fully saturated rings. The van der Waals surface area contributed by atoms with Gasteiger partial charge in [-0.25, -0.2) is 0 Å². The molecule has 1 unspecified atom stereocenters. The van der Waals surface area contributed by atoms with Crippen LogP contribution in [0.5, 0.6) is 5.75 Å². The smallest absolute Gasteiger partial charge is 0.251 e. The standard InChI is InChI=1S/C18H20N2O2/c1-12-4-3-5-14-10-19-11-16(17(12)14)20-18(21)13-6-8-15(22-2)9-7-13/h3-9,16,19H,10-11H2,1-2H3,(H,20,21). The van der Waals surface area contributed by atoms with Crippen molar-refractivity contribution in [2.45, 2.75) is 19.5 Å². The van der Waals surface area contributed by atoms with E-state index < -0.39 is 0 Å². The molecule has 2 aromatic carbocycles. The van der Waals surface area contributed by atoms with Crippen LogP contribution in [0.3, 0.4) is 0 Å². The lowest BCUT2D eigenvalue weighted by atomic mass is 9.92. The molecule has 0 saturated carbocycles. The fraction of sp³-hybridized carbons (Fsp3) is 0.278. The SMILES string of the molecule is COc1ccc(C(=O)NC2CNCc3cccc(C)c32)cc1. The normalized spacial score (nSPS) is 16.7. The predicted octanol–water partition coefficient (Wildman–Crippen LogP) is 2.58. The predicted molar refractivity (Wildman–Crippen MR) is 86.1 cm³/mol. The van der Waals surface area contributed by atoms with Crippen molar-refractivity contribution in [3.05, 3.63) is 64.7 Å². The van der Waals surface area contributed by atoms with Crippen LogP contribution >= 0.6 is 0 Å². The Labute approximate surface area is 130 Å². The van der Waals surface area contributed by atoms with Crippen LogP contribution < -0.4 is 15.4 Å². The maximum Gasteiger partial charge on any atom is 0.251 e. The van der Waals surface area contributed by atoms with Gasteiger partial charge in [0.15, 0.2) is 0 Å². The molecule has 1 aliphatic heterocycles. The molecule has 1 heterocycles. The second kappa shape index (κ2) is 6.20. The van der Waals surface area contributed by atoms with E-state index in [2.05, 4.69) is 35.8 Å². The molecule has 2 N–H and O–H groups in total. The number of aryl methyl sites for hydroxylation is 1. The molecule has 0 bridgehead atoms. The summed E-state index contributed by atoms with van der Waals surface area (Å²) in [6, 6.07) is 13.4. The van der Waals surface area contributed by atoms with E-state index in [9.17, 15) is 4.79 Å². The van der Waals surface area contributed by atoms with Gasteiger partial charge in [0.1, 0.15) is 5.75 Å². The van der Waals surface area contributed by atoms with Gasteiger partial charge in [-0.2, -0.15) is 0 Å². The number of rotatable bonds is 3. The number of ether oxygens (including phenoxy) is 1. The summed E-state index contributed by atoms with van der Waals surface area (Å²) < 4.78 is 5.12. The van der Waals surface area contributed by atoms with Gasteiger partial charge in [-0.05, 0) is 47.9 Å². The number of carbonyl (C=O) groups excluding carboxylic acids is 1. The molecule has 4 heteroatoms. The summed E-state index contributed by atoms with van der Waals surface area (Å²) in [7, 11) is 1.61. The molecular weight excluding hydrogens is 276 g/mol. The van der Waals surface area contributed by atoms with Crippen molar-refractivity contribution in [3.8, 4) is 5.75 Å². The zero-order valence-electron chi connectivity index (χ0n) is 12.8. The molecule has 114 valence electrons. The molecular formula is C18H20N2O2. The number of fused-ring (bicyclic) bond motifs is 1. The summed E-state index contributed by atoms with van der Waals surface area (Å²) in [6.07, 6.45) is 0.